The van der Waals surface area contributed by atoms with Crippen molar-refractivity contribution in [3.05, 3.63) is 75.4 Å². The minimum Gasteiger partial charge on any atom is -0.299 e. The van der Waals surface area contributed by atoms with Gasteiger partial charge in [-0.3, -0.25) is 9.59 Å². The first-order valence-corrected chi connectivity index (χ1v) is 11.9. The molecule has 2 aliphatic rings. The van der Waals surface area contributed by atoms with Crippen LogP contribution in [0.2, 0.25) is 0 Å². The second kappa shape index (κ2) is 7.83. The number of benzene rings is 2. The van der Waals surface area contributed by atoms with Gasteiger partial charge in [0.1, 0.15) is 17.5 Å². The molecule has 0 bridgehead atoms. The Morgan fingerprint density at radius 1 is 0.812 bits per heavy atom. The van der Waals surface area contributed by atoms with Gasteiger partial charge in [-0.05, 0) is 83.4 Å². The minimum absolute atomic E-state index is 0.0561. The molecule has 0 N–H and O–H groups in total. The number of ketones is 2. The van der Waals surface area contributed by atoms with Crippen LogP contribution in [-0.2, 0) is 20.4 Å². The molecule has 2 aromatic carbocycles. The lowest BCUT2D eigenvalue weighted by atomic mass is 9.62. The lowest BCUT2D eigenvalue weighted by molar-refractivity contribution is -0.123. The topological polar surface area (TPSA) is 34.1 Å². The van der Waals surface area contributed by atoms with E-state index in [9.17, 15) is 9.59 Å². The molecule has 0 saturated heterocycles. The third kappa shape index (κ3) is 3.78. The van der Waals surface area contributed by atoms with Gasteiger partial charge in [0, 0.05) is 12.8 Å². The molecular formula is C30H36O2. The third-order valence-corrected chi connectivity index (χ3v) is 7.76. The number of aryl methyl sites for hydroxylation is 1. The summed E-state index contributed by atoms with van der Waals surface area (Å²) < 4.78 is 0. The molecule has 0 amide bonds. The van der Waals surface area contributed by atoms with Crippen molar-refractivity contribution in [1.82, 2.24) is 0 Å². The molecule has 2 heteroatoms. The fourth-order valence-electron chi connectivity index (χ4n) is 5.63. The predicted octanol–water partition coefficient (Wildman–Crippen LogP) is 7.20. The average molecular weight is 429 g/mol. The SMILES string of the molecule is CC(C)=C(c1ccc(C2C(=O)CCC2=O)cc1)c1cc2c(cc1C)C(C)(C)CCC2(C)C. The highest BCUT2D eigenvalue weighted by molar-refractivity contribution is 6.13. The van der Waals surface area contributed by atoms with E-state index in [0.29, 0.717) is 12.8 Å². The van der Waals surface area contributed by atoms with Crippen molar-refractivity contribution in [2.45, 2.75) is 90.9 Å². The highest BCUT2D eigenvalue weighted by Gasteiger charge is 2.38. The quantitative estimate of drug-likeness (QED) is 0.484. The molecule has 2 nitrogen and oxygen atoms in total. The van der Waals surface area contributed by atoms with Gasteiger partial charge >= 0.3 is 0 Å². The molecule has 0 atom stereocenters. The van der Waals surface area contributed by atoms with E-state index < -0.39 is 5.92 Å². The van der Waals surface area contributed by atoms with Gasteiger partial charge in [-0.1, -0.05) is 69.7 Å². The normalized spacial score (nSPS) is 19.7. The van der Waals surface area contributed by atoms with Crippen LogP contribution in [0.4, 0.5) is 0 Å². The summed E-state index contributed by atoms with van der Waals surface area (Å²) in [5.41, 5.74) is 10.4. The van der Waals surface area contributed by atoms with E-state index in [1.165, 1.54) is 46.2 Å². The Hall–Kier alpha value is -2.48. The van der Waals surface area contributed by atoms with Gasteiger partial charge in [0.05, 0.1) is 0 Å². The molecule has 2 aromatic rings. The van der Waals surface area contributed by atoms with Crippen molar-refractivity contribution in [3.8, 4) is 0 Å². The lowest BCUT2D eigenvalue weighted by Gasteiger charge is -2.42. The molecule has 0 aromatic heterocycles. The van der Waals surface area contributed by atoms with Crippen LogP contribution in [0.5, 0.6) is 0 Å². The van der Waals surface area contributed by atoms with Gasteiger partial charge in [-0.15, -0.1) is 0 Å². The summed E-state index contributed by atoms with van der Waals surface area (Å²) in [6.07, 6.45) is 3.16. The summed E-state index contributed by atoms with van der Waals surface area (Å²) in [5, 5.41) is 0. The third-order valence-electron chi connectivity index (χ3n) is 7.76. The van der Waals surface area contributed by atoms with E-state index in [2.05, 4.69) is 72.7 Å². The van der Waals surface area contributed by atoms with E-state index in [1.807, 2.05) is 12.1 Å². The molecule has 0 aliphatic heterocycles. The fourth-order valence-corrected chi connectivity index (χ4v) is 5.63. The van der Waals surface area contributed by atoms with Crippen LogP contribution in [0.3, 0.4) is 0 Å². The van der Waals surface area contributed by atoms with Crippen LogP contribution >= 0.6 is 0 Å². The standard InChI is InChI=1S/C30H36O2/c1-18(2)27(20-8-10-21(11-9-20)28-25(31)12-13-26(28)32)22-17-24-23(16-19(22)3)29(4,5)14-15-30(24,6)7/h8-11,16-17,28H,12-15H2,1-7H3. The number of rotatable bonds is 3. The smallest absolute Gasteiger partial charge is 0.148 e. The second-order valence-corrected chi connectivity index (χ2v) is 11.3. The zero-order valence-electron chi connectivity index (χ0n) is 20.7. The number of hydrogen-bond acceptors (Lipinski definition) is 2. The first-order valence-electron chi connectivity index (χ1n) is 11.9. The Labute approximate surface area is 193 Å². The Kier molecular flexibility index (Phi) is 5.56. The largest absolute Gasteiger partial charge is 0.299 e. The van der Waals surface area contributed by atoms with Crippen molar-refractivity contribution in [1.29, 1.82) is 0 Å². The highest BCUT2D eigenvalue weighted by Crippen LogP contribution is 2.47. The molecule has 1 saturated carbocycles. The zero-order valence-corrected chi connectivity index (χ0v) is 20.7. The summed E-state index contributed by atoms with van der Waals surface area (Å²) in [5.74, 6) is -0.450. The van der Waals surface area contributed by atoms with E-state index in [-0.39, 0.29) is 22.4 Å². The van der Waals surface area contributed by atoms with Crippen LogP contribution < -0.4 is 0 Å². The Morgan fingerprint density at radius 2 is 1.31 bits per heavy atom. The summed E-state index contributed by atoms with van der Waals surface area (Å²) >= 11 is 0. The van der Waals surface area contributed by atoms with E-state index in [0.717, 1.165) is 11.1 Å². The van der Waals surface area contributed by atoms with Gasteiger partial charge in [-0.2, -0.15) is 0 Å². The van der Waals surface area contributed by atoms with Crippen LogP contribution in [0.1, 0.15) is 107 Å². The molecule has 0 unspecified atom stereocenters. The van der Waals surface area contributed by atoms with Crippen molar-refractivity contribution >= 4 is 17.1 Å². The zero-order chi connectivity index (χ0) is 23.4. The molecule has 2 aliphatic carbocycles. The van der Waals surface area contributed by atoms with E-state index in [4.69, 9.17) is 0 Å². The molecule has 4 rings (SSSR count). The number of hydrogen-bond donors (Lipinski definition) is 0. The Morgan fingerprint density at radius 3 is 1.81 bits per heavy atom. The number of fused-ring (bicyclic) bond motifs is 1. The summed E-state index contributed by atoms with van der Waals surface area (Å²) in [7, 11) is 0. The second-order valence-electron chi connectivity index (χ2n) is 11.3. The minimum atomic E-state index is -0.562. The van der Waals surface area contributed by atoms with Crippen molar-refractivity contribution in [2.75, 3.05) is 0 Å². The number of Topliss-reactive ketones (excluding diaryl/α,β-unsaturated/α-hetero) is 2. The number of carbonyl (C=O) groups excluding carboxylic acids is 2. The van der Waals surface area contributed by atoms with Crippen LogP contribution in [0, 0.1) is 6.92 Å². The van der Waals surface area contributed by atoms with Gasteiger partial charge in [-0.25, -0.2) is 0 Å². The maximum Gasteiger partial charge on any atom is 0.148 e. The Bertz CT molecular complexity index is 1110. The van der Waals surface area contributed by atoms with Crippen LogP contribution in [0.15, 0.2) is 42.0 Å². The summed E-state index contributed by atoms with van der Waals surface area (Å²) in [4.78, 5) is 24.4. The lowest BCUT2D eigenvalue weighted by Crippen LogP contribution is -2.34. The summed E-state index contributed by atoms with van der Waals surface area (Å²) in [6, 6.07) is 13.0. The highest BCUT2D eigenvalue weighted by atomic mass is 16.2. The maximum absolute atomic E-state index is 12.2. The van der Waals surface area contributed by atoms with Crippen LogP contribution in [-0.4, -0.2) is 11.6 Å². The van der Waals surface area contributed by atoms with Crippen molar-refractivity contribution in [2.24, 2.45) is 0 Å². The number of allylic oxidation sites excluding steroid dienone is 1. The predicted molar refractivity (Wildman–Crippen MR) is 132 cm³/mol. The fraction of sp³-hybridized carbons (Fsp3) is 0.467. The van der Waals surface area contributed by atoms with E-state index >= 15 is 0 Å². The molecular weight excluding hydrogens is 392 g/mol. The monoisotopic (exact) mass is 428 g/mol. The molecule has 1 fully saturated rings. The molecule has 0 spiro atoms. The van der Waals surface area contributed by atoms with Crippen molar-refractivity contribution < 1.29 is 9.59 Å². The summed E-state index contributed by atoms with van der Waals surface area (Å²) in [6.45, 7) is 16.0. The molecule has 0 radical (unpaired) electrons. The average Bonchev–Trinajstić information content (AvgIpc) is 3.05. The number of carbonyl (C=O) groups is 2. The van der Waals surface area contributed by atoms with Gasteiger partial charge in [0.15, 0.2) is 0 Å². The van der Waals surface area contributed by atoms with Crippen molar-refractivity contribution in [3.63, 3.8) is 0 Å². The van der Waals surface area contributed by atoms with Gasteiger partial charge < -0.3 is 0 Å². The maximum atomic E-state index is 12.2. The van der Waals surface area contributed by atoms with E-state index in [1.54, 1.807) is 0 Å². The van der Waals surface area contributed by atoms with Crippen LogP contribution in [0.25, 0.3) is 5.57 Å². The van der Waals surface area contributed by atoms with Gasteiger partial charge in [0.2, 0.25) is 0 Å². The Balaban J connectivity index is 1.80. The molecule has 0 heterocycles. The molecule has 32 heavy (non-hydrogen) atoms. The first-order chi connectivity index (χ1) is 14.9. The molecule has 168 valence electrons. The first kappa shape index (κ1) is 22.7. The van der Waals surface area contributed by atoms with Gasteiger partial charge in [0.25, 0.3) is 0 Å².